The van der Waals surface area contributed by atoms with Gasteiger partial charge >= 0.3 is 5.97 Å². The van der Waals surface area contributed by atoms with E-state index in [4.69, 9.17) is 16.2 Å². The molecule has 6 heteroatoms. The van der Waals surface area contributed by atoms with Crippen molar-refractivity contribution in [1.82, 2.24) is 0 Å². The number of primary amides is 1. The summed E-state index contributed by atoms with van der Waals surface area (Å²) in [7, 11) is 0. The summed E-state index contributed by atoms with van der Waals surface area (Å²) in [6.07, 6.45) is 0.305. The van der Waals surface area contributed by atoms with Crippen LogP contribution in [0.4, 0.5) is 0 Å². The van der Waals surface area contributed by atoms with Gasteiger partial charge in [-0.1, -0.05) is 30.3 Å². The van der Waals surface area contributed by atoms with Gasteiger partial charge in [-0.15, -0.1) is 12.4 Å². The van der Waals surface area contributed by atoms with Crippen LogP contribution in [0.2, 0.25) is 0 Å². The van der Waals surface area contributed by atoms with E-state index in [1.54, 1.807) is 0 Å². The van der Waals surface area contributed by atoms with Crippen molar-refractivity contribution in [3.05, 3.63) is 35.9 Å². The van der Waals surface area contributed by atoms with Crippen LogP contribution in [-0.2, 0) is 20.9 Å². The van der Waals surface area contributed by atoms with Crippen molar-refractivity contribution >= 4 is 24.3 Å². The lowest BCUT2D eigenvalue weighted by molar-refractivity contribution is -0.145. The maximum Gasteiger partial charge on any atom is 0.306 e. The number of halogens is 1. The molecule has 1 rings (SSSR count). The molecule has 0 aliphatic carbocycles. The Bertz CT molecular complexity index is 384. The minimum Gasteiger partial charge on any atom is -0.461 e. The zero-order chi connectivity index (χ0) is 12.7. The van der Waals surface area contributed by atoms with E-state index in [0.29, 0.717) is 0 Å². The van der Waals surface area contributed by atoms with Gasteiger partial charge in [0.2, 0.25) is 5.91 Å². The van der Waals surface area contributed by atoms with Gasteiger partial charge in [0.1, 0.15) is 6.61 Å². The van der Waals surface area contributed by atoms with Crippen molar-refractivity contribution in [2.24, 2.45) is 11.5 Å². The Hall–Kier alpha value is -1.59. The molecule has 5 nitrogen and oxygen atoms in total. The third kappa shape index (κ3) is 6.22. The van der Waals surface area contributed by atoms with Gasteiger partial charge in [0.25, 0.3) is 0 Å². The molecule has 1 atom stereocenters. The Morgan fingerprint density at radius 3 is 2.39 bits per heavy atom. The topological polar surface area (TPSA) is 95.4 Å². The maximum atomic E-state index is 11.3. The molecule has 1 unspecified atom stereocenters. The number of benzene rings is 1. The molecular weight excluding hydrogens is 256 g/mol. The summed E-state index contributed by atoms with van der Waals surface area (Å²) in [4.78, 5) is 21.9. The number of rotatable bonds is 6. The molecule has 0 aliphatic heterocycles. The van der Waals surface area contributed by atoms with E-state index in [2.05, 4.69) is 0 Å². The van der Waals surface area contributed by atoms with Crippen LogP contribution < -0.4 is 11.5 Å². The minimum atomic E-state index is -0.792. The molecule has 0 heterocycles. The van der Waals surface area contributed by atoms with Gasteiger partial charge in [-0.3, -0.25) is 9.59 Å². The summed E-state index contributed by atoms with van der Waals surface area (Å²) in [6, 6.07) is 8.56. The molecule has 100 valence electrons. The predicted octanol–water partition coefficient (Wildman–Crippen LogP) is 0.744. The predicted molar refractivity (Wildman–Crippen MR) is 69.9 cm³/mol. The van der Waals surface area contributed by atoms with Gasteiger partial charge in [-0.2, -0.15) is 0 Å². The molecule has 0 fully saturated rings. The molecule has 0 saturated heterocycles. The lowest BCUT2D eigenvalue weighted by atomic mass is 10.1. The van der Waals surface area contributed by atoms with Crippen molar-refractivity contribution in [3.8, 4) is 0 Å². The van der Waals surface area contributed by atoms with Crippen LogP contribution in [-0.4, -0.2) is 17.9 Å². The number of hydrogen-bond donors (Lipinski definition) is 2. The van der Waals surface area contributed by atoms with Gasteiger partial charge in [0.05, 0.1) is 6.04 Å². The first-order chi connectivity index (χ1) is 8.09. The van der Waals surface area contributed by atoms with Crippen LogP contribution in [0.3, 0.4) is 0 Å². The van der Waals surface area contributed by atoms with Crippen LogP contribution in [0, 0.1) is 0 Å². The summed E-state index contributed by atoms with van der Waals surface area (Å²) in [5.41, 5.74) is 11.3. The van der Waals surface area contributed by atoms with Crippen LogP contribution in [0.1, 0.15) is 18.4 Å². The van der Waals surface area contributed by atoms with Gasteiger partial charge < -0.3 is 16.2 Å². The molecule has 0 aliphatic rings. The maximum absolute atomic E-state index is 11.3. The summed E-state index contributed by atoms with van der Waals surface area (Å²) in [5.74, 6) is -0.994. The van der Waals surface area contributed by atoms with Gasteiger partial charge in [-0.25, -0.2) is 0 Å². The Morgan fingerprint density at radius 1 is 1.22 bits per heavy atom. The number of nitrogens with two attached hydrogens (primary N) is 2. The number of amides is 1. The van der Waals surface area contributed by atoms with E-state index in [-0.39, 0.29) is 37.8 Å². The zero-order valence-electron chi connectivity index (χ0n) is 9.87. The molecule has 0 aromatic heterocycles. The Morgan fingerprint density at radius 2 is 1.83 bits per heavy atom. The highest BCUT2D eigenvalue weighted by atomic mass is 35.5. The fourth-order valence-corrected chi connectivity index (χ4v) is 1.23. The Kier molecular flexibility index (Phi) is 7.74. The van der Waals surface area contributed by atoms with Crippen molar-refractivity contribution in [3.63, 3.8) is 0 Å². The smallest absolute Gasteiger partial charge is 0.306 e. The van der Waals surface area contributed by atoms with Crippen LogP contribution in [0.5, 0.6) is 0 Å². The van der Waals surface area contributed by atoms with E-state index in [1.807, 2.05) is 30.3 Å². The molecule has 18 heavy (non-hydrogen) atoms. The first kappa shape index (κ1) is 16.4. The normalized spacial score (nSPS) is 11.2. The number of hydrogen-bond acceptors (Lipinski definition) is 4. The summed E-state index contributed by atoms with van der Waals surface area (Å²) < 4.78 is 5.01. The molecule has 1 aromatic carbocycles. The highest BCUT2D eigenvalue weighted by Gasteiger charge is 2.12. The van der Waals surface area contributed by atoms with E-state index in [0.717, 1.165) is 5.56 Å². The van der Waals surface area contributed by atoms with E-state index < -0.39 is 11.9 Å². The SMILES string of the molecule is Cl.NC(=O)C(N)CCC(=O)OCc1ccccc1. The lowest BCUT2D eigenvalue weighted by Crippen LogP contribution is -2.36. The fraction of sp³-hybridized carbons (Fsp3) is 0.333. The Balaban J connectivity index is 0.00000289. The molecule has 1 aromatic rings. The van der Waals surface area contributed by atoms with Crippen LogP contribution in [0.25, 0.3) is 0 Å². The van der Waals surface area contributed by atoms with Gasteiger partial charge in [-0.05, 0) is 12.0 Å². The molecule has 0 spiro atoms. The molecule has 0 bridgehead atoms. The average molecular weight is 273 g/mol. The van der Waals surface area contributed by atoms with Crippen LogP contribution in [0.15, 0.2) is 30.3 Å². The highest BCUT2D eigenvalue weighted by molar-refractivity contribution is 5.85. The number of esters is 1. The third-order valence-electron chi connectivity index (χ3n) is 2.27. The molecule has 1 amide bonds. The lowest BCUT2D eigenvalue weighted by Gasteiger charge is -2.07. The van der Waals surface area contributed by atoms with Crippen molar-refractivity contribution in [2.45, 2.75) is 25.5 Å². The second-order valence-corrected chi connectivity index (χ2v) is 3.69. The Labute approximate surface area is 112 Å². The van der Waals surface area contributed by atoms with Crippen LogP contribution >= 0.6 is 12.4 Å². The highest BCUT2D eigenvalue weighted by Crippen LogP contribution is 2.03. The van der Waals surface area contributed by atoms with Crippen molar-refractivity contribution in [2.75, 3.05) is 0 Å². The molecule has 0 radical (unpaired) electrons. The molecular formula is C12H17ClN2O3. The monoisotopic (exact) mass is 272 g/mol. The quantitative estimate of drug-likeness (QED) is 0.747. The standard InChI is InChI=1S/C12H16N2O3.ClH/c13-10(12(14)16)6-7-11(15)17-8-9-4-2-1-3-5-9;/h1-5,10H,6-8,13H2,(H2,14,16);1H. The summed E-state index contributed by atoms with van der Waals surface area (Å²) in [5, 5.41) is 0. The number of ether oxygens (including phenoxy) is 1. The third-order valence-corrected chi connectivity index (χ3v) is 2.27. The van der Waals surface area contributed by atoms with Crippen molar-refractivity contribution in [1.29, 1.82) is 0 Å². The first-order valence-electron chi connectivity index (χ1n) is 5.34. The second kappa shape index (κ2) is 8.49. The first-order valence-corrected chi connectivity index (χ1v) is 5.34. The summed E-state index contributed by atoms with van der Waals surface area (Å²) in [6.45, 7) is 0.228. The van der Waals surface area contributed by atoms with E-state index in [9.17, 15) is 9.59 Å². The molecule has 4 N–H and O–H groups in total. The second-order valence-electron chi connectivity index (χ2n) is 3.69. The zero-order valence-corrected chi connectivity index (χ0v) is 10.7. The average Bonchev–Trinajstić information content (AvgIpc) is 2.34. The van der Waals surface area contributed by atoms with Gasteiger partial charge in [0.15, 0.2) is 0 Å². The largest absolute Gasteiger partial charge is 0.461 e. The van der Waals surface area contributed by atoms with E-state index >= 15 is 0 Å². The number of carbonyl (C=O) groups excluding carboxylic acids is 2. The summed E-state index contributed by atoms with van der Waals surface area (Å²) >= 11 is 0. The minimum absolute atomic E-state index is 0. The van der Waals surface area contributed by atoms with E-state index in [1.165, 1.54) is 0 Å². The number of carbonyl (C=O) groups is 2. The molecule has 0 saturated carbocycles. The fourth-order valence-electron chi connectivity index (χ4n) is 1.23. The van der Waals surface area contributed by atoms with Crippen molar-refractivity contribution < 1.29 is 14.3 Å². The van der Waals surface area contributed by atoms with Gasteiger partial charge in [0, 0.05) is 6.42 Å².